The first-order valence-corrected chi connectivity index (χ1v) is 7.59. The average Bonchev–Trinajstić information content (AvgIpc) is 2.65. The third-order valence-electron chi connectivity index (χ3n) is 3.55. The molecule has 0 aliphatic carbocycles. The van der Waals surface area contributed by atoms with Crippen LogP contribution in [0.25, 0.3) is 0 Å². The first-order valence-electron chi connectivity index (χ1n) is 7.59. The zero-order chi connectivity index (χ0) is 16.8. The maximum absolute atomic E-state index is 10.0. The lowest BCUT2D eigenvalue weighted by molar-refractivity contribution is 0.412. The van der Waals surface area contributed by atoms with Crippen molar-refractivity contribution >= 4 is 17.6 Å². The molecule has 4 nitrogen and oxygen atoms in total. The second-order valence-electron chi connectivity index (χ2n) is 5.15. The zero-order valence-corrected chi connectivity index (χ0v) is 13.3. The Balaban J connectivity index is 1.98. The Labute approximate surface area is 141 Å². The molecule has 0 spiro atoms. The highest BCUT2D eigenvalue weighted by Gasteiger charge is 2.07. The van der Waals surface area contributed by atoms with Gasteiger partial charge < -0.3 is 9.84 Å². The fraction of sp³-hybridized carbons (Fsp3) is 0.0500. The van der Waals surface area contributed by atoms with Crippen LogP contribution in [-0.2, 0) is 0 Å². The number of rotatable bonds is 5. The molecule has 120 valence electrons. The second kappa shape index (κ2) is 7.33. The predicted molar refractivity (Wildman–Crippen MR) is 97.3 cm³/mol. The average molecular weight is 318 g/mol. The van der Waals surface area contributed by atoms with E-state index < -0.39 is 0 Å². The molecule has 1 N–H and O–H groups in total. The van der Waals surface area contributed by atoms with Crippen molar-refractivity contribution in [3.05, 3.63) is 84.4 Å². The van der Waals surface area contributed by atoms with Gasteiger partial charge in [0, 0.05) is 5.56 Å². The molecule has 3 aromatic carbocycles. The lowest BCUT2D eigenvalue weighted by Gasteiger charge is -2.19. The molecule has 0 atom stereocenters. The standard InChI is InChI=1S/C20H18N2O2/c1-24-19-12-13-20(23)16(14-19)15-21-22(17-8-4-2-5-9-17)18-10-6-3-7-11-18/h2-15,23H,1H3/b21-15+. The molecule has 0 saturated carbocycles. The fourth-order valence-corrected chi connectivity index (χ4v) is 2.30. The largest absolute Gasteiger partial charge is 0.507 e. The molecule has 4 heteroatoms. The van der Waals surface area contributed by atoms with Crippen molar-refractivity contribution in [2.24, 2.45) is 5.10 Å². The Hall–Kier alpha value is -3.27. The van der Waals surface area contributed by atoms with Crippen molar-refractivity contribution in [1.82, 2.24) is 0 Å². The predicted octanol–water partition coefficient (Wildman–Crippen LogP) is 4.57. The third kappa shape index (κ3) is 3.55. The molecule has 0 heterocycles. The maximum Gasteiger partial charge on any atom is 0.124 e. The Kier molecular flexibility index (Phi) is 4.77. The van der Waals surface area contributed by atoms with Crippen LogP contribution in [-0.4, -0.2) is 18.4 Å². The van der Waals surface area contributed by atoms with Gasteiger partial charge in [-0.1, -0.05) is 36.4 Å². The quantitative estimate of drug-likeness (QED) is 0.553. The van der Waals surface area contributed by atoms with Gasteiger partial charge in [-0.25, -0.2) is 5.01 Å². The number of nitrogens with zero attached hydrogens (tertiary/aromatic N) is 2. The van der Waals surface area contributed by atoms with Gasteiger partial charge in [0.1, 0.15) is 11.5 Å². The number of ether oxygens (including phenoxy) is 1. The maximum atomic E-state index is 10.0. The van der Waals surface area contributed by atoms with Crippen LogP contribution in [0.3, 0.4) is 0 Å². The number of hydrogen-bond donors (Lipinski definition) is 1. The van der Waals surface area contributed by atoms with Crippen LogP contribution in [0.1, 0.15) is 5.56 Å². The summed E-state index contributed by atoms with van der Waals surface area (Å²) in [7, 11) is 1.59. The molecular formula is C20H18N2O2. The van der Waals surface area contributed by atoms with E-state index in [-0.39, 0.29) is 5.75 Å². The summed E-state index contributed by atoms with van der Waals surface area (Å²) < 4.78 is 5.20. The SMILES string of the molecule is COc1ccc(O)c(/C=N/N(c2ccccc2)c2ccccc2)c1. The number of hydrogen-bond acceptors (Lipinski definition) is 4. The Bertz CT molecular complexity index is 778. The molecular weight excluding hydrogens is 300 g/mol. The van der Waals surface area contributed by atoms with Crippen LogP contribution in [0.5, 0.6) is 11.5 Å². The van der Waals surface area contributed by atoms with E-state index in [0.717, 1.165) is 11.4 Å². The molecule has 0 aromatic heterocycles. The van der Waals surface area contributed by atoms with Crippen molar-refractivity contribution in [1.29, 1.82) is 0 Å². The number of benzene rings is 3. The summed E-state index contributed by atoms with van der Waals surface area (Å²) >= 11 is 0. The van der Waals surface area contributed by atoms with Crippen LogP contribution in [0, 0.1) is 0 Å². The molecule has 0 amide bonds. The number of phenolic OH excluding ortho intramolecular Hbond substituents is 1. The summed E-state index contributed by atoms with van der Waals surface area (Å²) in [5.74, 6) is 0.820. The van der Waals surface area contributed by atoms with Crippen LogP contribution < -0.4 is 9.75 Å². The molecule has 0 saturated heterocycles. The zero-order valence-electron chi connectivity index (χ0n) is 13.3. The summed E-state index contributed by atoms with van der Waals surface area (Å²) in [6.45, 7) is 0. The molecule has 0 aliphatic heterocycles. The van der Waals surface area contributed by atoms with E-state index >= 15 is 0 Å². The number of aromatic hydroxyl groups is 1. The number of para-hydroxylation sites is 2. The minimum absolute atomic E-state index is 0.153. The van der Waals surface area contributed by atoms with Gasteiger partial charge in [0.2, 0.25) is 0 Å². The van der Waals surface area contributed by atoms with Crippen molar-refractivity contribution in [2.45, 2.75) is 0 Å². The summed E-state index contributed by atoms with van der Waals surface area (Å²) in [6, 6.07) is 24.7. The number of phenols is 1. The van der Waals surface area contributed by atoms with Crippen molar-refractivity contribution < 1.29 is 9.84 Å². The summed E-state index contributed by atoms with van der Waals surface area (Å²) in [5.41, 5.74) is 2.45. The lowest BCUT2D eigenvalue weighted by atomic mass is 10.2. The van der Waals surface area contributed by atoms with E-state index in [4.69, 9.17) is 4.74 Å². The van der Waals surface area contributed by atoms with Crippen LogP contribution in [0.4, 0.5) is 11.4 Å². The topological polar surface area (TPSA) is 45.1 Å². The summed E-state index contributed by atoms with van der Waals surface area (Å²) in [6.07, 6.45) is 1.62. The smallest absolute Gasteiger partial charge is 0.124 e. The lowest BCUT2D eigenvalue weighted by Crippen LogP contribution is -2.09. The van der Waals surface area contributed by atoms with Gasteiger partial charge in [-0.3, -0.25) is 0 Å². The number of anilines is 2. The Morgan fingerprint density at radius 3 is 2.00 bits per heavy atom. The Morgan fingerprint density at radius 2 is 1.46 bits per heavy atom. The van der Waals surface area contributed by atoms with E-state index in [1.165, 1.54) is 0 Å². The van der Waals surface area contributed by atoms with Crippen LogP contribution in [0.15, 0.2) is 84.0 Å². The van der Waals surface area contributed by atoms with Crippen molar-refractivity contribution in [3.63, 3.8) is 0 Å². The molecule has 3 rings (SSSR count). The van der Waals surface area contributed by atoms with Gasteiger partial charge in [0.15, 0.2) is 0 Å². The molecule has 0 bridgehead atoms. The first-order chi connectivity index (χ1) is 11.8. The molecule has 0 unspecified atom stereocenters. The van der Waals surface area contributed by atoms with Gasteiger partial charge in [-0.15, -0.1) is 0 Å². The van der Waals surface area contributed by atoms with Gasteiger partial charge >= 0.3 is 0 Å². The highest BCUT2D eigenvalue weighted by Crippen LogP contribution is 2.26. The number of hydrazone groups is 1. The van der Waals surface area contributed by atoms with Gasteiger partial charge in [-0.2, -0.15) is 5.10 Å². The normalized spacial score (nSPS) is 10.7. The summed E-state index contributed by atoms with van der Waals surface area (Å²) in [5, 5.41) is 16.4. The Morgan fingerprint density at radius 1 is 0.875 bits per heavy atom. The third-order valence-corrected chi connectivity index (χ3v) is 3.55. The fourth-order valence-electron chi connectivity index (χ4n) is 2.30. The first kappa shape index (κ1) is 15.6. The highest BCUT2D eigenvalue weighted by molar-refractivity contribution is 5.85. The highest BCUT2D eigenvalue weighted by atomic mass is 16.5. The van der Waals surface area contributed by atoms with E-state index in [1.54, 1.807) is 31.5 Å². The minimum atomic E-state index is 0.153. The molecule has 24 heavy (non-hydrogen) atoms. The van der Waals surface area contributed by atoms with Crippen LogP contribution >= 0.6 is 0 Å². The van der Waals surface area contributed by atoms with Crippen LogP contribution in [0.2, 0.25) is 0 Å². The van der Waals surface area contributed by atoms with E-state index in [0.29, 0.717) is 11.3 Å². The van der Waals surface area contributed by atoms with E-state index in [2.05, 4.69) is 5.10 Å². The van der Waals surface area contributed by atoms with Gasteiger partial charge in [0.25, 0.3) is 0 Å². The molecule has 0 radical (unpaired) electrons. The van der Waals surface area contributed by atoms with Gasteiger partial charge in [0.05, 0.1) is 24.7 Å². The monoisotopic (exact) mass is 318 g/mol. The number of methoxy groups -OCH3 is 1. The summed E-state index contributed by atoms with van der Waals surface area (Å²) in [4.78, 5) is 0. The molecule has 3 aromatic rings. The van der Waals surface area contributed by atoms with Crippen molar-refractivity contribution in [3.8, 4) is 11.5 Å². The van der Waals surface area contributed by atoms with Gasteiger partial charge in [-0.05, 0) is 42.5 Å². The van der Waals surface area contributed by atoms with Crippen molar-refractivity contribution in [2.75, 3.05) is 12.1 Å². The van der Waals surface area contributed by atoms with E-state index in [1.807, 2.05) is 65.7 Å². The molecule has 0 fully saturated rings. The molecule has 0 aliphatic rings. The minimum Gasteiger partial charge on any atom is -0.507 e. The second-order valence-corrected chi connectivity index (χ2v) is 5.15. The van der Waals surface area contributed by atoms with E-state index in [9.17, 15) is 5.11 Å².